The van der Waals surface area contributed by atoms with Crippen molar-refractivity contribution >= 4 is 29.7 Å². The Morgan fingerprint density at radius 3 is 2.60 bits per heavy atom. The lowest BCUT2D eigenvalue weighted by Crippen LogP contribution is -2.42. The van der Waals surface area contributed by atoms with Crippen molar-refractivity contribution in [2.45, 2.75) is 33.4 Å². The number of rotatable bonds is 8. The molecule has 0 aliphatic rings. The molecular weight excluding hydrogens is 358 g/mol. The Hall–Kier alpha value is -1.70. The van der Waals surface area contributed by atoms with Crippen molar-refractivity contribution in [2.75, 3.05) is 19.6 Å². The maximum atomic E-state index is 12.3. The highest BCUT2D eigenvalue weighted by Crippen LogP contribution is 2.19. The van der Waals surface area contributed by atoms with Crippen LogP contribution in [0.25, 0.3) is 11.4 Å². The average Bonchev–Trinajstić information content (AvgIpc) is 2.95. The summed E-state index contributed by atoms with van der Waals surface area (Å²) in [6.07, 6.45) is 0. The minimum Gasteiger partial charge on any atom is -0.353 e. The van der Waals surface area contributed by atoms with E-state index in [0.717, 1.165) is 18.7 Å². The predicted octanol–water partition coefficient (Wildman–Crippen LogP) is 3.11. The molecule has 1 atom stereocenters. The van der Waals surface area contributed by atoms with Crippen LogP contribution in [0.3, 0.4) is 0 Å². The number of amides is 1. The van der Waals surface area contributed by atoms with E-state index in [9.17, 15) is 4.79 Å². The van der Waals surface area contributed by atoms with Crippen LogP contribution in [0.15, 0.2) is 24.3 Å². The summed E-state index contributed by atoms with van der Waals surface area (Å²) >= 11 is 11.2. The first-order chi connectivity index (χ1) is 12.0. The molecule has 0 radical (unpaired) electrons. The normalized spacial score (nSPS) is 12.4. The van der Waals surface area contributed by atoms with Crippen molar-refractivity contribution in [3.63, 3.8) is 0 Å². The SMILES string of the molecule is CCN(CC)C(C)CNC(=O)Cn1c(-c2ccc(Cl)cc2)n[nH]c1=S. The van der Waals surface area contributed by atoms with Gasteiger partial charge in [-0.2, -0.15) is 5.10 Å². The van der Waals surface area contributed by atoms with Gasteiger partial charge in [0.1, 0.15) is 6.54 Å². The summed E-state index contributed by atoms with van der Waals surface area (Å²) in [5.41, 5.74) is 0.848. The Bertz CT molecular complexity index is 751. The fourth-order valence-corrected chi connectivity index (χ4v) is 3.04. The van der Waals surface area contributed by atoms with Crippen LogP contribution >= 0.6 is 23.8 Å². The van der Waals surface area contributed by atoms with Gasteiger partial charge in [0.15, 0.2) is 10.6 Å². The average molecular weight is 382 g/mol. The first-order valence-electron chi connectivity index (χ1n) is 8.38. The molecule has 1 aromatic heterocycles. The van der Waals surface area contributed by atoms with E-state index in [4.69, 9.17) is 23.8 Å². The van der Waals surface area contributed by atoms with Gasteiger partial charge >= 0.3 is 0 Å². The Morgan fingerprint density at radius 1 is 1.36 bits per heavy atom. The number of carbonyl (C=O) groups excluding carboxylic acids is 1. The van der Waals surface area contributed by atoms with Gasteiger partial charge in [0.25, 0.3) is 0 Å². The molecule has 1 aromatic carbocycles. The molecule has 0 bridgehead atoms. The molecule has 0 fully saturated rings. The van der Waals surface area contributed by atoms with Crippen LogP contribution in [0.1, 0.15) is 20.8 Å². The van der Waals surface area contributed by atoms with Gasteiger partial charge < -0.3 is 5.32 Å². The lowest BCUT2D eigenvalue weighted by Gasteiger charge is -2.26. The number of hydrogen-bond donors (Lipinski definition) is 2. The van der Waals surface area contributed by atoms with Gasteiger partial charge in [0.2, 0.25) is 5.91 Å². The Kier molecular flexibility index (Phi) is 7.16. The van der Waals surface area contributed by atoms with Crippen LogP contribution in [-0.4, -0.2) is 51.2 Å². The molecule has 0 saturated heterocycles. The van der Waals surface area contributed by atoms with Crippen molar-refractivity contribution in [3.8, 4) is 11.4 Å². The van der Waals surface area contributed by atoms with E-state index < -0.39 is 0 Å². The summed E-state index contributed by atoms with van der Waals surface area (Å²) in [6, 6.07) is 7.55. The Labute approximate surface area is 158 Å². The van der Waals surface area contributed by atoms with E-state index in [1.165, 1.54) is 0 Å². The largest absolute Gasteiger partial charge is 0.353 e. The third-order valence-electron chi connectivity index (χ3n) is 4.19. The summed E-state index contributed by atoms with van der Waals surface area (Å²) in [5.74, 6) is 0.528. The molecular formula is C17H24ClN5OS. The number of aromatic nitrogens is 3. The molecule has 1 heterocycles. The second-order valence-electron chi connectivity index (χ2n) is 5.82. The fourth-order valence-electron chi connectivity index (χ4n) is 2.72. The van der Waals surface area contributed by atoms with Gasteiger partial charge in [-0.15, -0.1) is 0 Å². The number of benzene rings is 1. The van der Waals surface area contributed by atoms with E-state index in [0.29, 0.717) is 22.2 Å². The zero-order valence-corrected chi connectivity index (χ0v) is 16.3. The van der Waals surface area contributed by atoms with Crippen molar-refractivity contribution < 1.29 is 4.79 Å². The topological polar surface area (TPSA) is 66.0 Å². The smallest absolute Gasteiger partial charge is 0.240 e. The summed E-state index contributed by atoms with van der Waals surface area (Å²) in [4.78, 5) is 14.6. The summed E-state index contributed by atoms with van der Waals surface area (Å²) in [6.45, 7) is 8.98. The highest BCUT2D eigenvalue weighted by atomic mass is 35.5. The van der Waals surface area contributed by atoms with Gasteiger partial charge in [-0.3, -0.25) is 19.4 Å². The molecule has 2 rings (SSSR count). The highest BCUT2D eigenvalue weighted by Gasteiger charge is 2.14. The minimum absolute atomic E-state index is 0.0910. The summed E-state index contributed by atoms with van der Waals surface area (Å²) in [5, 5.41) is 10.6. The predicted molar refractivity (Wildman–Crippen MR) is 103 cm³/mol. The van der Waals surface area contributed by atoms with Crippen molar-refractivity contribution in [3.05, 3.63) is 34.1 Å². The molecule has 2 N–H and O–H groups in total. The van der Waals surface area contributed by atoms with Crippen molar-refractivity contribution in [1.29, 1.82) is 0 Å². The van der Waals surface area contributed by atoms with Gasteiger partial charge in [-0.1, -0.05) is 25.4 Å². The van der Waals surface area contributed by atoms with Crippen LogP contribution in [-0.2, 0) is 11.3 Å². The van der Waals surface area contributed by atoms with Crippen LogP contribution < -0.4 is 5.32 Å². The number of aromatic amines is 1. The fraction of sp³-hybridized carbons (Fsp3) is 0.471. The van der Waals surface area contributed by atoms with E-state index in [1.807, 2.05) is 12.1 Å². The molecule has 0 aliphatic carbocycles. The number of carbonyl (C=O) groups is 1. The van der Waals surface area contributed by atoms with Gasteiger partial charge in [0.05, 0.1) is 0 Å². The molecule has 6 nitrogen and oxygen atoms in total. The molecule has 0 saturated carbocycles. The molecule has 1 amide bonds. The monoisotopic (exact) mass is 381 g/mol. The maximum absolute atomic E-state index is 12.3. The second-order valence-corrected chi connectivity index (χ2v) is 6.64. The number of likely N-dealkylation sites (N-methyl/N-ethyl adjacent to an activating group) is 1. The number of halogens is 1. The summed E-state index contributed by atoms with van der Waals surface area (Å²) < 4.78 is 2.10. The van der Waals surface area contributed by atoms with Crippen LogP contribution in [0, 0.1) is 4.77 Å². The van der Waals surface area contributed by atoms with Crippen LogP contribution in [0.4, 0.5) is 0 Å². The summed E-state index contributed by atoms with van der Waals surface area (Å²) in [7, 11) is 0. The number of nitrogens with one attached hydrogen (secondary N) is 2. The molecule has 0 aliphatic heterocycles. The van der Waals surface area contributed by atoms with Gasteiger partial charge in [-0.05, 0) is 56.5 Å². The van der Waals surface area contributed by atoms with E-state index >= 15 is 0 Å². The van der Waals surface area contributed by atoms with Crippen molar-refractivity contribution in [1.82, 2.24) is 25.0 Å². The van der Waals surface area contributed by atoms with Crippen LogP contribution in [0.5, 0.6) is 0 Å². The molecule has 25 heavy (non-hydrogen) atoms. The quantitative estimate of drug-likeness (QED) is 0.689. The molecule has 136 valence electrons. The first-order valence-corrected chi connectivity index (χ1v) is 9.16. The molecule has 1 unspecified atom stereocenters. The molecule has 8 heteroatoms. The zero-order valence-electron chi connectivity index (χ0n) is 14.8. The Morgan fingerprint density at radius 2 is 2.00 bits per heavy atom. The second kappa shape index (κ2) is 9.12. The standard InChI is InChI=1S/C17H24ClN5OS/c1-4-22(5-2)12(3)10-19-15(24)11-23-16(20-21-17(23)25)13-6-8-14(18)9-7-13/h6-9,12H,4-5,10-11H2,1-3H3,(H,19,24)(H,21,25). The van der Waals surface area contributed by atoms with E-state index in [1.54, 1.807) is 16.7 Å². The highest BCUT2D eigenvalue weighted by molar-refractivity contribution is 7.71. The Balaban J connectivity index is 2.05. The number of H-pyrrole nitrogens is 1. The zero-order chi connectivity index (χ0) is 18.4. The minimum atomic E-state index is -0.0910. The van der Waals surface area contributed by atoms with E-state index in [2.05, 4.69) is 41.2 Å². The van der Waals surface area contributed by atoms with E-state index in [-0.39, 0.29) is 18.5 Å². The number of nitrogens with zero attached hydrogens (tertiary/aromatic N) is 3. The van der Waals surface area contributed by atoms with Crippen LogP contribution in [0.2, 0.25) is 5.02 Å². The lowest BCUT2D eigenvalue weighted by molar-refractivity contribution is -0.121. The number of hydrogen-bond acceptors (Lipinski definition) is 4. The lowest BCUT2D eigenvalue weighted by atomic mass is 10.2. The molecule has 0 spiro atoms. The molecule has 2 aromatic rings. The van der Waals surface area contributed by atoms with Crippen molar-refractivity contribution in [2.24, 2.45) is 0 Å². The third-order valence-corrected chi connectivity index (χ3v) is 4.76. The third kappa shape index (κ3) is 5.14. The van der Waals surface area contributed by atoms with Gasteiger partial charge in [0, 0.05) is 23.2 Å². The first kappa shape index (κ1) is 19.6. The maximum Gasteiger partial charge on any atom is 0.240 e. The van der Waals surface area contributed by atoms with Gasteiger partial charge in [-0.25, -0.2) is 0 Å².